The van der Waals surface area contributed by atoms with Crippen molar-refractivity contribution >= 4 is 16.9 Å². The zero-order valence-electron chi connectivity index (χ0n) is 17.3. The van der Waals surface area contributed by atoms with Crippen LogP contribution in [0.3, 0.4) is 0 Å². The first-order valence-corrected chi connectivity index (χ1v) is 10.4. The van der Waals surface area contributed by atoms with E-state index in [0.717, 1.165) is 16.6 Å². The normalized spacial score (nSPS) is 11.0. The Hall–Kier alpha value is -4.17. The van der Waals surface area contributed by atoms with E-state index in [0.29, 0.717) is 41.8 Å². The van der Waals surface area contributed by atoms with E-state index < -0.39 is 0 Å². The number of hydrogen-bond donors (Lipinski definition) is 2. The molecule has 158 valence electrons. The maximum atomic E-state index is 9.27. The van der Waals surface area contributed by atoms with Gasteiger partial charge in [-0.05, 0) is 30.7 Å². The number of benzene rings is 1. The second-order valence-corrected chi connectivity index (χ2v) is 7.13. The van der Waals surface area contributed by atoms with Gasteiger partial charge in [0.25, 0.3) is 0 Å². The summed E-state index contributed by atoms with van der Waals surface area (Å²) in [5.41, 5.74) is 3.00. The molecule has 0 spiro atoms. The zero-order chi connectivity index (χ0) is 21.8. The van der Waals surface area contributed by atoms with Crippen molar-refractivity contribution < 1.29 is 5.11 Å². The molecule has 4 heterocycles. The fourth-order valence-corrected chi connectivity index (χ4v) is 3.48. The van der Waals surface area contributed by atoms with Gasteiger partial charge in [0.15, 0.2) is 17.3 Å². The molecule has 0 saturated heterocycles. The Kier molecular flexibility index (Phi) is 5.50. The largest absolute Gasteiger partial charge is 0.396 e. The summed E-state index contributed by atoms with van der Waals surface area (Å²) in [6.45, 7) is 0.653. The fraction of sp³-hybridized carbons (Fsp3) is 0.125. The maximum absolute atomic E-state index is 9.27. The molecule has 0 atom stereocenters. The molecule has 2 N–H and O–H groups in total. The number of fused-ring (bicyclic) bond motifs is 1. The molecule has 8 heteroatoms. The molecule has 1 aromatic carbocycles. The molecule has 8 nitrogen and oxygen atoms in total. The van der Waals surface area contributed by atoms with Crippen LogP contribution in [-0.4, -0.2) is 48.0 Å². The predicted molar refractivity (Wildman–Crippen MR) is 123 cm³/mol. The van der Waals surface area contributed by atoms with Crippen LogP contribution in [0.4, 0.5) is 5.82 Å². The number of aromatic nitrogens is 6. The molecule has 0 unspecified atom stereocenters. The second kappa shape index (κ2) is 8.91. The quantitative estimate of drug-likeness (QED) is 0.385. The molecule has 5 rings (SSSR count). The number of nitrogens with zero attached hydrogens (tertiary/aromatic N) is 6. The lowest BCUT2D eigenvalue weighted by Crippen LogP contribution is -2.08. The minimum atomic E-state index is 0.0903. The highest BCUT2D eigenvalue weighted by atomic mass is 16.3. The molecule has 0 aliphatic heterocycles. The average molecular weight is 423 g/mol. The summed E-state index contributed by atoms with van der Waals surface area (Å²) in [5, 5.41) is 18.3. The summed E-state index contributed by atoms with van der Waals surface area (Å²) in [7, 11) is 0. The standard InChI is InChI=1S/C24H21N7O/c32-16-8-15-27-23-20-21(17-9-2-1-3-10-17)30-31(19-12-5-7-14-26-19)24(20)29-22(28-23)18-11-4-6-13-25-18/h1-7,9-14,32H,8,15-16H2,(H,27,28,29). The van der Waals surface area contributed by atoms with Crippen LogP contribution in [0.1, 0.15) is 6.42 Å². The van der Waals surface area contributed by atoms with Crippen LogP contribution >= 0.6 is 0 Å². The SMILES string of the molecule is OCCCNc1nc(-c2ccccn2)nc2c1c(-c1ccccc1)nn2-c1ccccn1. The number of hydrogen-bond acceptors (Lipinski definition) is 7. The first-order valence-electron chi connectivity index (χ1n) is 10.4. The van der Waals surface area contributed by atoms with Gasteiger partial charge in [0.2, 0.25) is 0 Å². The van der Waals surface area contributed by atoms with E-state index in [-0.39, 0.29) is 6.61 Å². The van der Waals surface area contributed by atoms with E-state index in [9.17, 15) is 5.11 Å². The van der Waals surface area contributed by atoms with Gasteiger partial charge in [0.05, 0.1) is 5.39 Å². The van der Waals surface area contributed by atoms with Crippen molar-refractivity contribution in [2.24, 2.45) is 0 Å². The van der Waals surface area contributed by atoms with E-state index in [4.69, 9.17) is 15.1 Å². The Morgan fingerprint density at radius 1 is 0.844 bits per heavy atom. The van der Waals surface area contributed by atoms with Gasteiger partial charge < -0.3 is 10.4 Å². The van der Waals surface area contributed by atoms with Gasteiger partial charge in [-0.15, -0.1) is 0 Å². The van der Waals surface area contributed by atoms with Crippen molar-refractivity contribution in [2.75, 3.05) is 18.5 Å². The highest BCUT2D eigenvalue weighted by Crippen LogP contribution is 2.34. The summed E-state index contributed by atoms with van der Waals surface area (Å²) >= 11 is 0. The molecular formula is C24H21N7O. The number of nitrogens with one attached hydrogen (secondary N) is 1. The van der Waals surface area contributed by atoms with E-state index in [1.165, 1.54) is 0 Å². The predicted octanol–water partition coefficient (Wildman–Crippen LogP) is 3.73. The fourth-order valence-electron chi connectivity index (χ4n) is 3.48. The van der Waals surface area contributed by atoms with Crippen molar-refractivity contribution in [2.45, 2.75) is 6.42 Å². The van der Waals surface area contributed by atoms with Crippen molar-refractivity contribution in [3.8, 4) is 28.6 Å². The van der Waals surface area contributed by atoms with Gasteiger partial charge >= 0.3 is 0 Å². The number of pyridine rings is 2. The molecule has 0 fully saturated rings. The molecule has 0 amide bonds. The number of aliphatic hydroxyl groups excluding tert-OH is 1. The Balaban J connectivity index is 1.80. The van der Waals surface area contributed by atoms with Crippen LogP contribution < -0.4 is 5.32 Å². The van der Waals surface area contributed by atoms with Crippen LogP contribution in [0.15, 0.2) is 79.1 Å². The van der Waals surface area contributed by atoms with E-state index in [1.54, 1.807) is 17.1 Å². The summed E-state index contributed by atoms with van der Waals surface area (Å²) in [4.78, 5) is 18.6. The third-order valence-corrected chi connectivity index (χ3v) is 4.96. The van der Waals surface area contributed by atoms with E-state index in [1.807, 2.05) is 66.7 Å². The molecule has 5 aromatic rings. The average Bonchev–Trinajstić information content (AvgIpc) is 3.26. The smallest absolute Gasteiger partial charge is 0.182 e. The van der Waals surface area contributed by atoms with Crippen LogP contribution in [-0.2, 0) is 0 Å². The van der Waals surface area contributed by atoms with E-state index >= 15 is 0 Å². The van der Waals surface area contributed by atoms with Gasteiger partial charge in [-0.2, -0.15) is 9.78 Å². The van der Waals surface area contributed by atoms with Crippen LogP contribution in [0.25, 0.3) is 39.6 Å². The topological polar surface area (TPSA) is 102 Å². The summed E-state index contributed by atoms with van der Waals surface area (Å²) in [5.74, 6) is 1.79. The highest BCUT2D eigenvalue weighted by Gasteiger charge is 2.22. The minimum Gasteiger partial charge on any atom is -0.396 e. The van der Waals surface area contributed by atoms with Gasteiger partial charge in [-0.25, -0.2) is 15.0 Å². The lowest BCUT2D eigenvalue weighted by atomic mass is 10.1. The Morgan fingerprint density at radius 3 is 2.34 bits per heavy atom. The van der Waals surface area contributed by atoms with Crippen molar-refractivity contribution in [1.82, 2.24) is 29.7 Å². The Morgan fingerprint density at radius 2 is 1.62 bits per heavy atom. The van der Waals surface area contributed by atoms with Gasteiger partial charge in [-0.3, -0.25) is 4.98 Å². The monoisotopic (exact) mass is 423 g/mol. The molecular weight excluding hydrogens is 402 g/mol. The lowest BCUT2D eigenvalue weighted by molar-refractivity contribution is 0.292. The molecule has 0 aliphatic carbocycles. The van der Waals surface area contributed by atoms with Gasteiger partial charge in [0, 0.05) is 31.1 Å². The first-order chi connectivity index (χ1) is 15.8. The lowest BCUT2D eigenvalue weighted by Gasteiger charge is -2.10. The highest BCUT2D eigenvalue weighted by molar-refractivity contribution is 6.00. The Labute approximate surface area is 184 Å². The Bertz CT molecular complexity index is 1320. The van der Waals surface area contributed by atoms with Crippen molar-refractivity contribution in [3.63, 3.8) is 0 Å². The molecule has 0 bridgehead atoms. The van der Waals surface area contributed by atoms with Crippen molar-refractivity contribution in [3.05, 3.63) is 79.1 Å². The third kappa shape index (κ3) is 3.79. The number of anilines is 1. The van der Waals surface area contributed by atoms with E-state index in [2.05, 4.69) is 15.3 Å². The maximum Gasteiger partial charge on any atom is 0.182 e. The molecule has 4 aromatic heterocycles. The third-order valence-electron chi connectivity index (χ3n) is 4.96. The number of aliphatic hydroxyl groups is 1. The van der Waals surface area contributed by atoms with Crippen LogP contribution in [0.2, 0.25) is 0 Å². The van der Waals surface area contributed by atoms with Crippen LogP contribution in [0, 0.1) is 0 Å². The van der Waals surface area contributed by atoms with Crippen LogP contribution in [0.5, 0.6) is 0 Å². The van der Waals surface area contributed by atoms with Crippen molar-refractivity contribution in [1.29, 1.82) is 0 Å². The van der Waals surface area contributed by atoms with Gasteiger partial charge in [0.1, 0.15) is 17.2 Å². The summed E-state index contributed by atoms with van der Waals surface area (Å²) in [6.07, 6.45) is 4.04. The molecule has 0 saturated carbocycles. The zero-order valence-corrected chi connectivity index (χ0v) is 17.3. The summed E-state index contributed by atoms with van der Waals surface area (Å²) < 4.78 is 1.74. The number of rotatable bonds is 7. The summed E-state index contributed by atoms with van der Waals surface area (Å²) in [6, 6.07) is 21.2. The van der Waals surface area contributed by atoms with Gasteiger partial charge in [-0.1, -0.05) is 42.5 Å². The minimum absolute atomic E-state index is 0.0903. The second-order valence-electron chi connectivity index (χ2n) is 7.13. The first kappa shape index (κ1) is 19.8. The molecule has 0 aliphatic rings. The molecule has 32 heavy (non-hydrogen) atoms. The molecule has 0 radical (unpaired) electrons.